The van der Waals surface area contributed by atoms with Crippen molar-refractivity contribution in [3.63, 3.8) is 0 Å². The van der Waals surface area contributed by atoms with Gasteiger partial charge in [-0.3, -0.25) is 4.79 Å². The molecule has 1 unspecified atom stereocenters. The second kappa shape index (κ2) is 8.81. The van der Waals surface area contributed by atoms with Gasteiger partial charge in [0.25, 0.3) is 0 Å². The van der Waals surface area contributed by atoms with Crippen molar-refractivity contribution in [3.8, 4) is 11.8 Å². The van der Waals surface area contributed by atoms with Gasteiger partial charge in [-0.1, -0.05) is 24.0 Å². The third-order valence-electron chi connectivity index (χ3n) is 6.08. The molecule has 2 aromatic rings. The molecule has 2 aliphatic rings. The fourth-order valence-electron chi connectivity index (χ4n) is 4.27. The van der Waals surface area contributed by atoms with Crippen molar-refractivity contribution in [2.24, 2.45) is 4.99 Å². The molecule has 30 heavy (non-hydrogen) atoms. The molecule has 4 nitrogen and oxygen atoms in total. The van der Waals surface area contributed by atoms with Crippen LogP contribution in [0, 0.1) is 24.6 Å². The maximum absolute atomic E-state index is 13.4. The molecular weight excluding hydrogens is 377 g/mol. The molecule has 2 aromatic carbocycles. The molecule has 2 fully saturated rings. The van der Waals surface area contributed by atoms with E-state index in [2.05, 4.69) is 17.2 Å². The minimum Gasteiger partial charge on any atom is -0.311 e. The summed E-state index contributed by atoms with van der Waals surface area (Å²) in [7, 11) is 0. The van der Waals surface area contributed by atoms with Crippen molar-refractivity contribution in [1.29, 1.82) is 0 Å². The summed E-state index contributed by atoms with van der Waals surface area (Å²) < 4.78 is 13.4. The van der Waals surface area contributed by atoms with E-state index in [0.717, 1.165) is 61.3 Å². The average Bonchev–Trinajstić information content (AvgIpc) is 3.14. The Morgan fingerprint density at radius 1 is 1.13 bits per heavy atom. The molecule has 2 saturated heterocycles. The van der Waals surface area contributed by atoms with Crippen LogP contribution >= 0.6 is 0 Å². The Morgan fingerprint density at radius 2 is 1.97 bits per heavy atom. The lowest BCUT2D eigenvalue weighted by Gasteiger charge is -2.27. The highest BCUT2D eigenvalue weighted by Crippen LogP contribution is 2.32. The normalized spacial score (nSPS) is 22.6. The standard InChI is InChI=1S/C25H26FN3O/c1-19-6-7-21(9-8-20-4-2-5-22(26)16-20)17-23(19)28-24-10-12-25(11-3-14-27-25)13-15-29(24)18-30/h2,4-7,16-18,27H,3,10-15H2,1H3. The topological polar surface area (TPSA) is 44.7 Å². The molecule has 1 spiro atoms. The Labute approximate surface area is 177 Å². The first kappa shape index (κ1) is 20.3. The maximum Gasteiger partial charge on any atom is 0.215 e. The van der Waals surface area contributed by atoms with Crippen LogP contribution in [0.25, 0.3) is 0 Å². The molecule has 4 rings (SSSR count). The lowest BCUT2D eigenvalue weighted by molar-refractivity contribution is -0.114. The number of nitrogens with one attached hydrogen (secondary N) is 1. The van der Waals surface area contributed by atoms with E-state index in [-0.39, 0.29) is 11.4 Å². The first-order valence-corrected chi connectivity index (χ1v) is 10.5. The largest absolute Gasteiger partial charge is 0.311 e. The highest BCUT2D eigenvalue weighted by atomic mass is 19.1. The van der Waals surface area contributed by atoms with Gasteiger partial charge in [-0.25, -0.2) is 9.38 Å². The zero-order chi connectivity index (χ0) is 21.0. The minimum atomic E-state index is -0.297. The van der Waals surface area contributed by atoms with Gasteiger partial charge in [-0.05, 0) is 75.0 Å². The molecule has 0 aliphatic carbocycles. The first-order chi connectivity index (χ1) is 14.6. The molecule has 154 valence electrons. The monoisotopic (exact) mass is 403 g/mol. The summed E-state index contributed by atoms with van der Waals surface area (Å²) in [6.07, 6.45) is 5.98. The predicted molar refractivity (Wildman–Crippen MR) is 117 cm³/mol. The first-order valence-electron chi connectivity index (χ1n) is 10.5. The van der Waals surface area contributed by atoms with E-state index in [9.17, 15) is 9.18 Å². The molecule has 1 amide bonds. The van der Waals surface area contributed by atoms with E-state index in [4.69, 9.17) is 4.99 Å². The van der Waals surface area contributed by atoms with Crippen molar-refractivity contribution in [2.75, 3.05) is 13.1 Å². The number of hydrogen-bond donors (Lipinski definition) is 1. The zero-order valence-corrected chi connectivity index (χ0v) is 17.2. The van der Waals surface area contributed by atoms with E-state index in [1.54, 1.807) is 17.0 Å². The minimum absolute atomic E-state index is 0.145. The van der Waals surface area contributed by atoms with Gasteiger partial charge in [-0.2, -0.15) is 0 Å². The van der Waals surface area contributed by atoms with Gasteiger partial charge < -0.3 is 10.2 Å². The van der Waals surface area contributed by atoms with Crippen LogP contribution in [0.3, 0.4) is 0 Å². The fraction of sp³-hybridized carbons (Fsp3) is 0.360. The van der Waals surface area contributed by atoms with Crippen LogP contribution in [-0.4, -0.2) is 35.8 Å². The smallest absolute Gasteiger partial charge is 0.215 e. The molecule has 1 atom stereocenters. The SMILES string of the molecule is Cc1ccc(C#Cc2cccc(F)c2)cc1N=C1CCC2(CCCN2)CCN1C=O. The summed E-state index contributed by atoms with van der Waals surface area (Å²) in [4.78, 5) is 18.3. The van der Waals surface area contributed by atoms with Crippen molar-refractivity contribution in [3.05, 3.63) is 65.0 Å². The zero-order valence-electron chi connectivity index (χ0n) is 17.2. The summed E-state index contributed by atoms with van der Waals surface area (Å²) in [5.74, 6) is 6.61. The summed E-state index contributed by atoms with van der Waals surface area (Å²) in [6, 6.07) is 12.1. The number of aliphatic imine (C=N–C) groups is 1. The number of halogens is 1. The molecule has 0 saturated carbocycles. The summed E-state index contributed by atoms with van der Waals surface area (Å²) in [5, 5.41) is 3.66. The Kier molecular flexibility index (Phi) is 5.96. The quantitative estimate of drug-likeness (QED) is 0.599. The summed E-state index contributed by atoms with van der Waals surface area (Å²) in [5.41, 5.74) is 3.44. The lowest BCUT2D eigenvalue weighted by Crippen LogP contribution is -2.40. The number of hydrogen-bond acceptors (Lipinski definition) is 3. The molecule has 0 aromatic heterocycles. The predicted octanol–water partition coefficient (Wildman–Crippen LogP) is 4.33. The third kappa shape index (κ3) is 4.60. The van der Waals surface area contributed by atoms with E-state index >= 15 is 0 Å². The number of amidine groups is 1. The van der Waals surface area contributed by atoms with E-state index in [1.807, 2.05) is 25.1 Å². The van der Waals surface area contributed by atoms with Gasteiger partial charge in [0.1, 0.15) is 11.7 Å². The van der Waals surface area contributed by atoms with Gasteiger partial charge >= 0.3 is 0 Å². The summed E-state index contributed by atoms with van der Waals surface area (Å²) in [6.45, 7) is 3.75. The maximum atomic E-state index is 13.4. The highest BCUT2D eigenvalue weighted by molar-refractivity contribution is 5.93. The Hall–Kier alpha value is -2.97. The number of amides is 1. The number of likely N-dealkylation sites (tertiary alicyclic amines) is 1. The van der Waals surface area contributed by atoms with Gasteiger partial charge in [0.15, 0.2) is 0 Å². The van der Waals surface area contributed by atoms with Crippen LogP contribution in [0.15, 0.2) is 47.5 Å². The number of carbonyl (C=O) groups excluding carboxylic acids is 1. The van der Waals surface area contributed by atoms with Crippen LogP contribution < -0.4 is 5.32 Å². The second-order valence-corrected chi connectivity index (χ2v) is 8.15. The van der Waals surface area contributed by atoms with Gasteiger partial charge in [0, 0.05) is 29.6 Å². The van der Waals surface area contributed by atoms with Crippen molar-refractivity contribution >= 4 is 17.9 Å². The molecule has 0 radical (unpaired) electrons. The molecule has 5 heteroatoms. The van der Waals surface area contributed by atoms with Gasteiger partial charge in [0.05, 0.1) is 5.69 Å². The van der Waals surface area contributed by atoms with E-state index in [0.29, 0.717) is 12.1 Å². The number of benzene rings is 2. The Bertz CT molecular complexity index is 1030. The Morgan fingerprint density at radius 3 is 2.70 bits per heavy atom. The Balaban J connectivity index is 1.60. The van der Waals surface area contributed by atoms with Gasteiger partial charge in [-0.15, -0.1) is 0 Å². The molecular formula is C25H26FN3O. The second-order valence-electron chi connectivity index (χ2n) is 8.15. The number of nitrogens with zero attached hydrogens (tertiary/aromatic N) is 2. The molecule has 2 heterocycles. The average molecular weight is 404 g/mol. The molecule has 1 N–H and O–H groups in total. The lowest BCUT2D eigenvalue weighted by atomic mass is 9.89. The van der Waals surface area contributed by atoms with Crippen LogP contribution in [0.1, 0.15) is 48.8 Å². The van der Waals surface area contributed by atoms with Crippen LogP contribution in [0.5, 0.6) is 0 Å². The van der Waals surface area contributed by atoms with Gasteiger partial charge in [0.2, 0.25) is 6.41 Å². The van der Waals surface area contributed by atoms with Crippen molar-refractivity contribution < 1.29 is 9.18 Å². The van der Waals surface area contributed by atoms with E-state index in [1.165, 1.54) is 18.6 Å². The van der Waals surface area contributed by atoms with Crippen LogP contribution in [-0.2, 0) is 4.79 Å². The van der Waals surface area contributed by atoms with Crippen molar-refractivity contribution in [2.45, 2.75) is 44.6 Å². The van der Waals surface area contributed by atoms with Crippen molar-refractivity contribution in [1.82, 2.24) is 10.2 Å². The molecule has 2 aliphatic heterocycles. The fourth-order valence-corrected chi connectivity index (χ4v) is 4.27. The number of aryl methyl sites for hydroxylation is 1. The van der Waals surface area contributed by atoms with Crippen LogP contribution in [0.2, 0.25) is 0 Å². The van der Waals surface area contributed by atoms with Crippen LogP contribution in [0.4, 0.5) is 10.1 Å². The number of carbonyl (C=O) groups is 1. The number of rotatable bonds is 2. The van der Waals surface area contributed by atoms with E-state index < -0.39 is 0 Å². The highest BCUT2D eigenvalue weighted by Gasteiger charge is 2.36. The molecule has 0 bridgehead atoms. The third-order valence-corrected chi connectivity index (χ3v) is 6.08. The summed E-state index contributed by atoms with van der Waals surface area (Å²) >= 11 is 0.